The van der Waals surface area contributed by atoms with Crippen molar-refractivity contribution in [3.8, 4) is 0 Å². The van der Waals surface area contributed by atoms with Crippen molar-refractivity contribution in [3.05, 3.63) is 0 Å². The van der Waals surface area contributed by atoms with E-state index in [-0.39, 0.29) is 0 Å². The number of fused-ring (bicyclic) bond motifs is 5. The zero-order chi connectivity index (χ0) is 12.0. The molecule has 4 unspecified atom stereocenters. The van der Waals surface area contributed by atoms with Crippen molar-refractivity contribution in [1.29, 1.82) is 0 Å². The standard InChI is InChI=1S/C18H30/c1-6-12-18(13-7-1)16-10-4-2-8-14(16)15-9-3-5-11-17(15)18/h14-17H,1-13H2. The first kappa shape index (κ1) is 11.8. The van der Waals surface area contributed by atoms with Gasteiger partial charge in [-0.2, -0.15) is 0 Å². The molecule has 0 aromatic heterocycles. The van der Waals surface area contributed by atoms with Gasteiger partial charge in [0.05, 0.1) is 0 Å². The van der Waals surface area contributed by atoms with Gasteiger partial charge in [0, 0.05) is 0 Å². The molecule has 0 N–H and O–H groups in total. The molecule has 4 atom stereocenters. The highest BCUT2D eigenvalue weighted by Crippen LogP contribution is 2.67. The van der Waals surface area contributed by atoms with E-state index in [0.29, 0.717) is 0 Å². The summed E-state index contributed by atoms with van der Waals surface area (Å²) in [6.07, 6.45) is 20.6. The van der Waals surface area contributed by atoms with Crippen molar-refractivity contribution in [1.82, 2.24) is 0 Å². The van der Waals surface area contributed by atoms with Gasteiger partial charge in [0.25, 0.3) is 0 Å². The normalized spacial score (nSPS) is 46.7. The van der Waals surface area contributed by atoms with E-state index in [4.69, 9.17) is 0 Å². The molecule has 0 heteroatoms. The Hall–Kier alpha value is 0. The maximum absolute atomic E-state index is 1.62. The fourth-order valence-corrected chi connectivity index (χ4v) is 7.00. The Bertz CT molecular complexity index is 275. The quantitative estimate of drug-likeness (QED) is 0.524. The highest BCUT2D eigenvalue weighted by molar-refractivity contribution is 5.08. The van der Waals surface area contributed by atoms with Crippen LogP contribution in [0.2, 0.25) is 0 Å². The summed E-state index contributed by atoms with van der Waals surface area (Å²) in [6.45, 7) is 0. The predicted octanol–water partition coefficient (Wildman–Crippen LogP) is 5.56. The first-order valence-electron chi connectivity index (χ1n) is 8.92. The van der Waals surface area contributed by atoms with Gasteiger partial charge in [-0.1, -0.05) is 44.9 Å². The van der Waals surface area contributed by atoms with Crippen LogP contribution in [0.25, 0.3) is 0 Å². The summed E-state index contributed by atoms with van der Waals surface area (Å²) in [5.41, 5.74) is 0.856. The number of hydrogen-bond donors (Lipinski definition) is 0. The summed E-state index contributed by atoms with van der Waals surface area (Å²) in [6, 6.07) is 0. The van der Waals surface area contributed by atoms with Crippen LogP contribution in [0.3, 0.4) is 0 Å². The lowest BCUT2D eigenvalue weighted by atomic mass is 9.59. The molecule has 0 nitrogen and oxygen atoms in total. The average molecular weight is 246 g/mol. The largest absolute Gasteiger partial charge is 0.0533 e. The second kappa shape index (κ2) is 4.53. The second-order valence-corrected chi connectivity index (χ2v) is 7.90. The van der Waals surface area contributed by atoms with E-state index in [1.165, 1.54) is 30.1 Å². The minimum Gasteiger partial charge on any atom is -0.0533 e. The lowest BCUT2D eigenvalue weighted by Crippen LogP contribution is -2.37. The van der Waals surface area contributed by atoms with Gasteiger partial charge in [0.2, 0.25) is 0 Å². The molecule has 1 spiro atoms. The fourth-order valence-electron chi connectivity index (χ4n) is 7.00. The highest BCUT2D eigenvalue weighted by Gasteiger charge is 2.59. The van der Waals surface area contributed by atoms with E-state index in [1.54, 1.807) is 77.0 Å². The molecule has 18 heavy (non-hydrogen) atoms. The van der Waals surface area contributed by atoms with Crippen LogP contribution in [0.4, 0.5) is 0 Å². The van der Waals surface area contributed by atoms with Crippen molar-refractivity contribution >= 4 is 0 Å². The van der Waals surface area contributed by atoms with Gasteiger partial charge in [-0.25, -0.2) is 0 Å². The van der Waals surface area contributed by atoms with Crippen molar-refractivity contribution < 1.29 is 0 Å². The lowest BCUT2D eigenvalue weighted by Gasteiger charge is -2.46. The fraction of sp³-hybridized carbons (Fsp3) is 1.00. The molecular formula is C18H30. The molecule has 0 aromatic carbocycles. The Morgan fingerprint density at radius 3 is 1.56 bits per heavy atom. The molecule has 0 bridgehead atoms. The summed E-state index contributed by atoms with van der Waals surface area (Å²) < 4.78 is 0. The third-order valence-electron chi connectivity index (χ3n) is 7.45. The van der Waals surface area contributed by atoms with E-state index in [9.17, 15) is 0 Å². The van der Waals surface area contributed by atoms with Crippen LogP contribution in [0.15, 0.2) is 0 Å². The van der Waals surface area contributed by atoms with Crippen molar-refractivity contribution in [3.63, 3.8) is 0 Å². The van der Waals surface area contributed by atoms with Crippen molar-refractivity contribution in [2.45, 2.75) is 83.5 Å². The Labute approximate surface area is 113 Å². The smallest absolute Gasteiger partial charge is 0.0235 e. The number of hydrogen-bond acceptors (Lipinski definition) is 0. The average Bonchev–Trinajstić information content (AvgIpc) is 2.72. The van der Waals surface area contributed by atoms with Gasteiger partial charge in [-0.3, -0.25) is 0 Å². The van der Waals surface area contributed by atoms with Gasteiger partial charge in [0.1, 0.15) is 0 Å². The van der Waals surface area contributed by atoms with Gasteiger partial charge in [0.15, 0.2) is 0 Å². The molecule has 4 fully saturated rings. The molecule has 0 radical (unpaired) electrons. The van der Waals surface area contributed by atoms with Crippen LogP contribution in [0, 0.1) is 29.1 Å². The summed E-state index contributed by atoms with van der Waals surface area (Å²) in [7, 11) is 0. The van der Waals surface area contributed by atoms with Gasteiger partial charge in [-0.15, -0.1) is 0 Å². The zero-order valence-electron chi connectivity index (χ0n) is 12.0. The molecule has 4 rings (SSSR count). The van der Waals surface area contributed by atoms with Crippen LogP contribution >= 0.6 is 0 Å². The van der Waals surface area contributed by atoms with E-state index in [0.717, 1.165) is 5.41 Å². The number of rotatable bonds is 0. The third-order valence-corrected chi connectivity index (χ3v) is 7.45. The maximum atomic E-state index is 1.62. The maximum Gasteiger partial charge on any atom is -0.0235 e. The first-order valence-corrected chi connectivity index (χ1v) is 8.92. The Morgan fingerprint density at radius 2 is 1.00 bits per heavy atom. The van der Waals surface area contributed by atoms with Crippen molar-refractivity contribution in [2.24, 2.45) is 29.1 Å². The predicted molar refractivity (Wildman–Crippen MR) is 76.4 cm³/mol. The van der Waals surface area contributed by atoms with E-state index < -0.39 is 0 Å². The van der Waals surface area contributed by atoms with E-state index >= 15 is 0 Å². The van der Waals surface area contributed by atoms with Crippen LogP contribution in [0.5, 0.6) is 0 Å². The van der Waals surface area contributed by atoms with Crippen LogP contribution < -0.4 is 0 Å². The molecule has 4 aliphatic carbocycles. The second-order valence-electron chi connectivity index (χ2n) is 7.90. The topological polar surface area (TPSA) is 0 Å². The van der Waals surface area contributed by atoms with Crippen LogP contribution in [0.1, 0.15) is 83.5 Å². The summed E-state index contributed by atoms with van der Waals surface area (Å²) >= 11 is 0. The van der Waals surface area contributed by atoms with Crippen molar-refractivity contribution in [2.75, 3.05) is 0 Å². The van der Waals surface area contributed by atoms with E-state index in [2.05, 4.69) is 0 Å². The minimum absolute atomic E-state index is 0.856. The summed E-state index contributed by atoms with van der Waals surface area (Å²) in [5.74, 6) is 4.67. The molecule has 4 saturated carbocycles. The third kappa shape index (κ3) is 1.56. The minimum atomic E-state index is 0.856. The van der Waals surface area contributed by atoms with Crippen LogP contribution in [-0.2, 0) is 0 Å². The SMILES string of the molecule is C1CCC2(CC1)C1CCCCC1C1CCCCC12. The molecular weight excluding hydrogens is 216 g/mol. The molecule has 0 aromatic rings. The molecule has 0 aliphatic heterocycles. The Morgan fingerprint density at radius 1 is 0.500 bits per heavy atom. The molecule has 4 aliphatic rings. The summed E-state index contributed by atoms with van der Waals surface area (Å²) in [5, 5.41) is 0. The first-order chi connectivity index (χ1) is 8.92. The Kier molecular flexibility index (Phi) is 2.97. The molecule has 0 amide bonds. The molecule has 0 heterocycles. The molecule has 102 valence electrons. The summed E-state index contributed by atoms with van der Waals surface area (Å²) in [4.78, 5) is 0. The lowest BCUT2D eigenvalue weighted by molar-refractivity contribution is 0.0359. The monoisotopic (exact) mass is 246 g/mol. The highest BCUT2D eigenvalue weighted by atomic mass is 14.6. The zero-order valence-corrected chi connectivity index (χ0v) is 12.0. The molecule has 0 saturated heterocycles. The van der Waals surface area contributed by atoms with Gasteiger partial charge < -0.3 is 0 Å². The Balaban J connectivity index is 1.69. The van der Waals surface area contributed by atoms with Gasteiger partial charge >= 0.3 is 0 Å². The van der Waals surface area contributed by atoms with Crippen LogP contribution in [-0.4, -0.2) is 0 Å². The van der Waals surface area contributed by atoms with E-state index in [1.807, 2.05) is 0 Å². The van der Waals surface area contributed by atoms with Gasteiger partial charge in [-0.05, 0) is 67.6 Å².